The number of morpholine rings is 1. The molecule has 0 amide bonds. The smallest absolute Gasteiger partial charge is 0.185 e. The lowest BCUT2D eigenvalue weighted by Crippen LogP contribution is -2.36. The molecule has 0 aromatic carbocycles. The summed E-state index contributed by atoms with van der Waals surface area (Å²) in [6.45, 7) is 3.59. The molecular weight excluding hydrogens is 228 g/mol. The van der Waals surface area contributed by atoms with Crippen LogP contribution in [-0.2, 0) is 11.2 Å². The molecule has 1 aliphatic heterocycles. The fourth-order valence-corrected chi connectivity index (χ4v) is 2.73. The number of ether oxygens (including phenoxy) is 1. The summed E-state index contributed by atoms with van der Waals surface area (Å²) in [4.78, 5) is 8.13. The Morgan fingerprint density at radius 3 is 3.00 bits per heavy atom. The van der Waals surface area contributed by atoms with E-state index in [9.17, 15) is 0 Å². The highest BCUT2D eigenvalue weighted by atomic mass is 32.1. The molecular formula is C10H16N2OS2. The zero-order valence-electron chi connectivity index (χ0n) is 8.69. The van der Waals surface area contributed by atoms with Gasteiger partial charge >= 0.3 is 0 Å². The van der Waals surface area contributed by atoms with Crippen molar-refractivity contribution >= 4 is 29.1 Å². The fourth-order valence-electron chi connectivity index (χ4n) is 1.57. The van der Waals surface area contributed by atoms with Crippen molar-refractivity contribution in [2.45, 2.75) is 12.8 Å². The number of thiazole rings is 1. The van der Waals surface area contributed by atoms with Gasteiger partial charge in [0.05, 0.1) is 13.2 Å². The van der Waals surface area contributed by atoms with Gasteiger partial charge in [0, 0.05) is 24.2 Å². The van der Waals surface area contributed by atoms with Gasteiger partial charge < -0.3 is 9.64 Å². The molecule has 0 unspecified atom stereocenters. The van der Waals surface area contributed by atoms with Gasteiger partial charge in [-0.1, -0.05) is 0 Å². The molecule has 0 bridgehead atoms. The summed E-state index contributed by atoms with van der Waals surface area (Å²) in [7, 11) is 0. The van der Waals surface area contributed by atoms with Crippen LogP contribution in [0.3, 0.4) is 0 Å². The van der Waals surface area contributed by atoms with E-state index in [-0.39, 0.29) is 0 Å². The molecule has 0 radical (unpaired) electrons. The number of hydrogen-bond donors (Lipinski definition) is 1. The molecule has 0 N–H and O–H groups in total. The zero-order chi connectivity index (χ0) is 10.5. The maximum Gasteiger partial charge on any atom is 0.185 e. The van der Waals surface area contributed by atoms with Gasteiger partial charge in [-0.05, 0) is 18.6 Å². The Morgan fingerprint density at radius 2 is 2.27 bits per heavy atom. The molecule has 0 aliphatic carbocycles. The van der Waals surface area contributed by atoms with Crippen LogP contribution >= 0.6 is 24.0 Å². The summed E-state index contributed by atoms with van der Waals surface area (Å²) in [5, 5.41) is 1.15. The topological polar surface area (TPSA) is 25.4 Å². The van der Waals surface area contributed by atoms with Gasteiger partial charge in [-0.15, -0.1) is 11.3 Å². The van der Waals surface area contributed by atoms with Crippen LogP contribution in [0.5, 0.6) is 0 Å². The monoisotopic (exact) mass is 244 g/mol. The molecule has 0 spiro atoms. The van der Waals surface area contributed by atoms with Gasteiger partial charge in [0.2, 0.25) is 0 Å². The zero-order valence-corrected chi connectivity index (χ0v) is 10.4. The van der Waals surface area contributed by atoms with Crippen molar-refractivity contribution in [3.05, 3.63) is 11.1 Å². The molecule has 3 nitrogen and oxygen atoms in total. The predicted molar refractivity (Wildman–Crippen MR) is 67.3 cm³/mol. The van der Waals surface area contributed by atoms with Gasteiger partial charge in [0.1, 0.15) is 0 Å². The first-order chi connectivity index (χ1) is 7.40. The van der Waals surface area contributed by atoms with Crippen molar-refractivity contribution in [1.29, 1.82) is 0 Å². The third-order valence-electron chi connectivity index (χ3n) is 2.40. The van der Waals surface area contributed by atoms with Crippen LogP contribution in [0.2, 0.25) is 0 Å². The number of nitrogens with zero attached hydrogens (tertiary/aromatic N) is 2. The SMILES string of the molecule is SCCCc1cnc(N2CCOCC2)s1. The normalized spacial score (nSPS) is 17.0. The van der Waals surface area contributed by atoms with Crippen LogP contribution in [0, 0.1) is 0 Å². The van der Waals surface area contributed by atoms with E-state index in [1.54, 1.807) is 11.3 Å². The quantitative estimate of drug-likeness (QED) is 0.818. The van der Waals surface area contributed by atoms with Gasteiger partial charge in [-0.3, -0.25) is 0 Å². The highest BCUT2D eigenvalue weighted by molar-refractivity contribution is 7.80. The second kappa shape index (κ2) is 5.72. The van der Waals surface area contributed by atoms with Crippen molar-refractivity contribution in [2.75, 3.05) is 37.0 Å². The molecule has 1 fully saturated rings. The molecule has 5 heteroatoms. The maximum absolute atomic E-state index is 5.32. The highest BCUT2D eigenvalue weighted by Crippen LogP contribution is 2.24. The van der Waals surface area contributed by atoms with E-state index in [0.29, 0.717) is 0 Å². The lowest BCUT2D eigenvalue weighted by atomic mass is 10.3. The molecule has 2 rings (SSSR count). The van der Waals surface area contributed by atoms with Gasteiger partial charge in [-0.2, -0.15) is 12.6 Å². The van der Waals surface area contributed by atoms with E-state index in [2.05, 4.69) is 22.5 Å². The molecule has 0 atom stereocenters. The third-order valence-corrected chi connectivity index (χ3v) is 3.84. The Hall–Kier alpha value is -0.260. The number of aryl methyl sites for hydroxylation is 1. The summed E-state index contributed by atoms with van der Waals surface area (Å²) in [5.74, 6) is 0.949. The standard InChI is InChI=1S/C10H16N2OS2/c14-7-1-2-9-8-11-10(15-9)12-3-5-13-6-4-12/h8,14H,1-7H2. The van der Waals surface area contributed by atoms with Crippen molar-refractivity contribution in [1.82, 2.24) is 4.98 Å². The molecule has 1 aromatic heterocycles. The average molecular weight is 244 g/mol. The number of hydrogen-bond acceptors (Lipinski definition) is 5. The summed E-state index contributed by atoms with van der Waals surface area (Å²) in [6.07, 6.45) is 4.23. The Balaban J connectivity index is 1.93. The number of anilines is 1. The number of rotatable bonds is 4. The molecule has 84 valence electrons. The van der Waals surface area contributed by atoms with Gasteiger partial charge in [-0.25, -0.2) is 4.98 Å². The van der Waals surface area contributed by atoms with Crippen LogP contribution in [0.15, 0.2) is 6.20 Å². The predicted octanol–water partition coefficient (Wildman–Crippen LogP) is 1.84. The van der Waals surface area contributed by atoms with E-state index < -0.39 is 0 Å². The van der Waals surface area contributed by atoms with E-state index in [1.807, 2.05) is 6.20 Å². The second-order valence-electron chi connectivity index (χ2n) is 3.54. The molecule has 1 aliphatic rings. The second-order valence-corrected chi connectivity index (χ2v) is 5.08. The minimum Gasteiger partial charge on any atom is -0.378 e. The summed E-state index contributed by atoms with van der Waals surface area (Å²) in [5.41, 5.74) is 0. The Bertz CT molecular complexity index is 297. The Kier molecular flexibility index (Phi) is 4.29. The Morgan fingerprint density at radius 1 is 1.47 bits per heavy atom. The highest BCUT2D eigenvalue weighted by Gasteiger charge is 2.14. The van der Waals surface area contributed by atoms with Gasteiger partial charge in [0.25, 0.3) is 0 Å². The minimum atomic E-state index is 0.825. The minimum absolute atomic E-state index is 0.825. The number of aromatic nitrogens is 1. The van der Waals surface area contributed by atoms with Crippen molar-refractivity contribution in [3.63, 3.8) is 0 Å². The van der Waals surface area contributed by atoms with Crippen molar-refractivity contribution in [2.24, 2.45) is 0 Å². The summed E-state index contributed by atoms with van der Waals surface area (Å²) < 4.78 is 5.32. The molecule has 2 heterocycles. The molecule has 1 saturated heterocycles. The van der Waals surface area contributed by atoms with E-state index in [1.165, 1.54) is 4.88 Å². The fraction of sp³-hybridized carbons (Fsp3) is 0.700. The largest absolute Gasteiger partial charge is 0.378 e. The summed E-state index contributed by atoms with van der Waals surface area (Å²) >= 11 is 6.02. The van der Waals surface area contributed by atoms with Crippen molar-refractivity contribution < 1.29 is 4.74 Å². The third kappa shape index (κ3) is 3.09. The summed E-state index contributed by atoms with van der Waals surface area (Å²) in [6, 6.07) is 0. The van der Waals surface area contributed by atoms with Crippen LogP contribution in [0.1, 0.15) is 11.3 Å². The first kappa shape index (κ1) is 11.2. The van der Waals surface area contributed by atoms with E-state index in [0.717, 1.165) is 50.0 Å². The lowest BCUT2D eigenvalue weighted by molar-refractivity contribution is 0.122. The Labute approximate surface area is 99.9 Å². The van der Waals surface area contributed by atoms with E-state index >= 15 is 0 Å². The number of thiol groups is 1. The van der Waals surface area contributed by atoms with Crippen LogP contribution in [-0.4, -0.2) is 37.0 Å². The first-order valence-electron chi connectivity index (χ1n) is 5.28. The maximum atomic E-state index is 5.32. The van der Waals surface area contributed by atoms with Crippen molar-refractivity contribution in [3.8, 4) is 0 Å². The average Bonchev–Trinajstić information content (AvgIpc) is 2.76. The molecule has 15 heavy (non-hydrogen) atoms. The van der Waals surface area contributed by atoms with Gasteiger partial charge in [0.15, 0.2) is 5.13 Å². The molecule has 1 aromatic rings. The first-order valence-corrected chi connectivity index (χ1v) is 6.73. The van der Waals surface area contributed by atoms with Crippen LogP contribution in [0.25, 0.3) is 0 Å². The lowest BCUT2D eigenvalue weighted by Gasteiger charge is -2.25. The van der Waals surface area contributed by atoms with E-state index in [4.69, 9.17) is 4.74 Å². The van der Waals surface area contributed by atoms with Crippen LogP contribution < -0.4 is 4.90 Å². The molecule has 0 saturated carbocycles. The van der Waals surface area contributed by atoms with Crippen LogP contribution in [0.4, 0.5) is 5.13 Å².